The van der Waals surface area contributed by atoms with Crippen molar-refractivity contribution in [2.75, 3.05) is 44.2 Å². The quantitative estimate of drug-likeness (QED) is 0.500. The zero-order chi connectivity index (χ0) is 24.7. The van der Waals surface area contributed by atoms with Crippen molar-refractivity contribution in [3.8, 4) is 0 Å². The summed E-state index contributed by atoms with van der Waals surface area (Å²) < 4.78 is 15.6. The van der Waals surface area contributed by atoms with E-state index in [1.54, 1.807) is 17.0 Å². The van der Waals surface area contributed by atoms with E-state index in [0.717, 1.165) is 13.1 Å². The van der Waals surface area contributed by atoms with E-state index in [-0.39, 0.29) is 48.7 Å². The molecule has 0 spiro atoms. The predicted molar refractivity (Wildman–Crippen MR) is 123 cm³/mol. The number of hydrogen-bond acceptors (Lipinski definition) is 7. The summed E-state index contributed by atoms with van der Waals surface area (Å²) in [5.41, 5.74) is -0.306. The fourth-order valence-corrected chi connectivity index (χ4v) is 5.48. The van der Waals surface area contributed by atoms with Crippen LogP contribution in [0.3, 0.4) is 0 Å². The minimum absolute atomic E-state index is 0.0307. The van der Waals surface area contributed by atoms with Gasteiger partial charge in [-0.05, 0) is 31.4 Å². The van der Waals surface area contributed by atoms with Gasteiger partial charge >= 0.3 is 0 Å². The van der Waals surface area contributed by atoms with Crippen molar-refractivity contribution in [1.29, 1.82) is 0 Å². The van der Waals surface area contributed by atoms with Gasteiger partial charge in [0.1, 0.15) is 6.04 Å². The Morgan fingerprint density at radius 2 is 1.83 bits per heavy atom. The van der Waals surface area contributed by atoms with E-state index in [0.29, 0.717) is 44.7 Å². The highest BCUT2D eigenvalue weighted by atomic mass is 19.1. The van der Waals surface area contributed by atoms with Crippen molar-refractivity contribution >= 4 is 29.3 Å². The number of piperazine rings is 1. The topological polar surface area (TPSA) is 122 Å². The Bertz CT molecular complexity index is 1060. The van der Waals surface area contributed by atoms with E-state index in [1.807, 2.05) is 4.90 Å². The number of fused-ring (bicyclic) bond motifs is 1. The van der Waals surface area contributed by atoms with Gasteiger partial charge in [-0.15, -0.1) is 0 Å². The number of imide groups is 1. The highest BCUT2D eigenvalue weighted by molar-refractivity contribution is 6.05. The Balaban J connectivity index is 1.25. The first-order valence-corrected chi connectivity index (χ1v) is 12.2. The van der Waals surface area contributed by atoms with Crippen LogP contribution < -0.4 is 15.5 Å². The van der Waals surface area contributed by atoms with Gasteiger partial charge in [-0.25, -0.2) is 4.39 Å². The zero-order valence-corrected chi connectivity index (χ0v) is 19.5. The molecule has 4 heterocycles. The molecule has 4 aliphatic rings. The van der Waals surface area contributed by atoms with Crippen molar-refractivity contribution in [3.05, 3.63) is 29.1 Å². The highest BCUT2D eigenvalue weighted by Crippen LogP contribution is 2.36. The predicted octanol–water partition coefficient (Wildman–Crippen LogP) is -0.260. The zero-order valence-electron chi connectivity index (χ0n) is 19.5. The lowest BCUT2D eigenvalue weighted by atomic mass is 9.87. The van der Waals surface area contributed by atoms with Gasteiger partial charge in [0.2, 0.25) is 17.7 Å². The second-order valence-corrected chi connectivity index (χ2v) is 9.84. The lowest BCUT2D eigenvalue weighted by Gasteiger charge is -2.40. The van der Waals surface area contributed by atoms with Crippen molar-refractivity contribution in [1.82, 2.24) is 20.4 Å². The normalized spacial score (nSPS) is 24.5. The Morgan fingerprint density at radius 3 is 2.51 bits per heavy atom. The first-order valence-electron chi connectivity index (χ1n) is 12.2. The van der Waals surface area contributed by atoms with E-state index < -0.39 is 29.3 Å². The summed E-state index contributed by atoms with van der Waals surface area (Å²) in [6.07, 6.45) is 1.09. The monoisotopic (exact) mass is 487 g/mol. The minimum atomic E-state index is -1.12. The standard InChI is InChI=1S/C24H30FN5O5/c25-21-16-14-30(18-3-4-19(31)27-22(18)33)23(34)15(16)1-2-17(21)28-9-5-24(35,6-10-28)13-20(32)29-11-7-26-8-12-29/h1-2,18,26,35H,3-14H2,(H,27,31,33). The molecule has 4 amide bonds. The number of nitrogens with one attached hydrogen (secondary N) is 2. The van der Waals surface area contributed by atoms with Crippen LogP contribution in [0, 0.1) is 5.82 Å². The third-order valence-corrected chi connectivity index (χ3v) is 7.61. The Kier molecular flexibility index (Phi) is 6.22. The van der Waals surface area contributed by atoms with Gasteiger partial charge in [-0.3, -0.25) is 24.5 Å². The molecule has 0 radical (unpaired) electrons. The van der Waals surface area contributed by atoms with Gasteiger partial charge in [0.05, 0.1) is 24.3 Å². The van der Waals surface area contributed by atoms with Gasteiger partial charge in [-0.2, -0.15) is 0 Å². The van der Waals surface area contributed by atoms with Crippen molar-refractivity contribution in [3.63, 3.8) is 0 Å². The molecule has 0 aromatic heterocycles. The summed E-state index contributed by atoms with van der Waals surface area (Å²) in [7, 11) is 0. The smallest absolute Gasteiger partial charge is 0.255 e. The van der Waals surface area contributed by atoms with Crippen LogP contribution in [-0.2, 0) is 20.9 Å². The maximum Gasteiger partial charge on any atom is 0.255 e. The lowest BCUT2D eigenvalue weighted by Crippen LogP contribution is -2.52. The summed E-state index contributed by atoms with van der Waals surface area (Å²) in [5.74, 6) is -1.89. The van der Waals surface area contributed by atoms with E-state index >= 15 is 4.39 Å². The molecule has 1 atom stereocenters. The average molecular weight is 488 g/mol. The summed E-state index contributed by atoms with van der Waals surface area (Å²) in [6.45, 7) is 3.50. The second kappa shape index (κ2) is 9.19. The molecule has 4 aliphatic heterocycles. The van der Waals surface area contributed by atoms with Crippen LogP contribution >= 0.6 is 0 Å². The number of anilines is 1. The molecule has 0 bridgehead atoms. The number of nitrogens with zero attached hydrogens (tertiary/aromatic N) is 3. The Morgan fingerprint density at radius 1 is 1.11 bits per heavy atom. The minimum Gasteiger partial charge on any atom is -0.389 e. The number of hydrogen-bond donors (Lipinski definition) is 3. The number of benzene rings is 1. The summed E-state index contributed by atoms with van der Waals surface area (Å²) in [6, 6.07) is 2.35. The van der Waals surface area contributed by atoms with Crippen molar-refractivity contribution in [2.45, 2.75) is 50.3 Å². The fraction of sp³-hybridized carbons (Fsp3) is 0.583. The van der Waals surface area contributed by atoms with Crippen LogP contribution in [0.1, 0.15) is 48.0 Å². The molecule has 188 valence electrons. The Labute approximate surface area is 202 Å². The van der Waals surface area contributed by atoms with Crippen LogP contribution in [0.2, 0.25) is 0 Å². The molecule has 10 nitrogen and oxygen atoms in total. The summed E-state index contributed by atoms with van der Waals surface area (Å²) in [5, 5.41) is 16.5. The third kappa shape index (κ3) is 4.50. The van der Waals surface area contributed by atoms with Gasteiger partial charge in [0.15, 0.2) is 5.82 Å². The molecule has 1 aromatic rings. The molecule has 5 rings (SSSR count). The van der Waals surface area contributed by atoms with Crippen LogP contribution in [0.5, 0.6) is 0 Å². The van der Waals surface area contributed by atoms with Gasteiger partial charge in [0.25, 0.3) is 5.91 Å². The number of carbonyl (C=O) groups is 4. The van der Waals surface area contributed by atoms with Gasteiger partial charge < -0.3 is 25.1 Å². The number of rotatable bonds is 4. The number of carbonyl (C=O) groups excluding carboxylic acids is 4. The number of aliphatic hydroxyl groups is 1. The number of amides is 4. The molecular formula is C24H30FN5O5. The maximum absolute atomic E-state index is 15.6. The molecule has 3 saturated heterocycles. The van der Waals surface area contributed by atoms with Crippen LogP contribution in [0.25, 0.3) is 0 Å². The van der Waals surface area contributed by atoms with Crippen LogP contribution in [-0.4, -0.2) is 89.4 Å². The lowest BCUT2D eigenvalue weighted by molar-refractivity contribution is -0.138. The van der Waals surface area contributed by atoms with Crippen LogP contribution in [0.15, 0.2) is 12.1 Å². The van der Waals surface area contributed by atoms with Crippen molar-refractivity contribution in [2.24, 2.45) is 0 Å². The van der Waals surface area contributed by atoms with E-state index in [2.05, 4.69) is 10.6 Å². The molecule has 3 fully saturated rings. The van der Waals surface area contributed by atoms with E-state index in [1.165, 1.54) is 4.90 Å². The molecule has 0 saturated carbocycles. The van der Waals surface area contributed by atoms with Gasteiger partial charge in [0, 0.05) is 56.8 Å². The first-order chi connectivity index (χ1) is 16.8. The van der Waals surface area contributed by atoms with E-state index in [4.69, 9.17) is 0 Å². The Hall–Kier alpha value is -3.05. The molecule has 1 aromatic carbocycles. The largest absolute Gasteiger partial charge is 0.389 e. The molecule has 1 unspecified atom stereocenters. The van der Waals surface area contributed by atoms with Crippen LogP contribution in [0.4, 0.5) is 10.1 Å². The van der Waals surface area contributed by atoms with Crippen molar-refractivity contribution < 1.29 is 28.7 Å². The molecule has 11 heteroatoms. The summed E-state index contributed by atoms with van der Waals surface area (Å²) >= 11 is 0. The fourth-order valence-electron chi connectivity index (χ4n) is 5.48. The first kappa shape index (κ1) is 23.7. The molecular weight excluding hydrogens is 457 g/mol. The average Bonchev–Trinajstić information content (AvgIpc) is 3.17. The van der Waals surface area contributed by atoms with Gasteiger partial charge in [-0.1, -0.05) is 0 Å². The molecule has 3 N–H and O–H groups in total. The second-order valence-electron chi connectivity index (χ2n) is 9.84. The van der Waals surface area contributed by atoms with E-state index in [9.17, 15) is 24.3 Å². The maximum atomic E-state index is 15.6. The number of piperidine rings is 2. The molecule has 35 heavy (non-hydrogen) atoms. The number of halogens is 1. The summed E-state index contributed by atoms with van der Waals surface area (Å²) in [4.78, 5) is 54.1. The third-order valence-electron chi connectivity index (χ3n) is 7.61. The highest BCUT2D eigenvalue weighted by Gasteiger charge is 2.42. The SMILES string of the molecule is O=C1CCC(N2Cc3c(ccc(N4CCC(O)(CC(=O)N5CCNCC5)CC4)c3F)C2=O)C(=O)N1. The molecule has 0 aliphatic carbocycles.